The molecule has 1 aromatic carbocycles. The zero-order valence-electron chi connectivity index (χ0n) is 13.8. The maximum Gasteiger partial charge on any atom is 0.259 e. The molecule has 1 aliphatic rings. The second-order valence-electron chi connectivity index (χ2n) is 6.39. The maximum absolute atomic E-state index is 6.29. The fraction of sp³-hybridized carbons (Fsp3) is 0.333. The molecule has 0 saturated heterocycles. The first-order chi connectivity index (χ1) is 11.1. The van der Waals surface area contributed by atoms with Gasteiger partial charge in [0.1, 0.15) is 0 Å². The van der Waals surface area contributed by atoms with Crippen molar-refractivity contribution in [3.63, 3.8) is 0 Å². The predicted molar refractivity (Wildman–Crippen MR) is 95.5 cm³/mol. The van der Waals surface area contributed by atoms with Crippen molar-refractivity contribution < 1.29 is 4.52 Å². The molecule has 0 spiro atoms. The van der Waals surface area contributed by atoms with E-state index in [9.17, 15) is 0 Å². The summed E-state index contributed by atoms with van der Waals surface area (Å²) >= 11 is 0. The van der Waals surface area contributed by atoms with Crippen molar-refractivity contribution in [3.05, 3.63) is 53.6 Å². The molecule has 1 saturated carbocycles. The van der Waals surface area contributed by atoms with E-state index in [1.54, 1.807) is 0 Å². The summed E-state index contributed by atoms with van der Waals surface area (Å²) < 4.78 is 7.70. The molecule has 0 unspecified atom stereocenters. The van der Waals surface area contributed by atoms with E-state index in [1.807, 2.05) is 18.2 Å². The van der Waals surface area contributed by atoms with Crippen LogP contribution in [0.1, 0.15) is 36.5 Å². The fourth-order valence-electron chi connectivity index (χ4n) is 3.27. The highest BCUT2D eigenvalue weighted by Gasteiger charge is 2.39. The molecule has 0 atom stereocenters. The minimum absolute atomic E-state index is 0. The van der Waals surface area contributed by atoms with Crippen molar-refractivity contribution >= 4 is 12.4 Å². The first-order valence-electron chi connectivity index (χ1n) is 7.96. The van der Waals surface area contributed by atoms with Gasteiger partial charge in [0.05, 0.1) is 11.1 Å². The number of benzene rings is 1. The van der Waals surface area contributed by atoms with Crippen LogP contribution in [0, 0.1) is 13.8 Å². The molecule has 0 amide bonds. The Hall–Kier alpha value is -2.11. The SMILES string of the molecule is Cc1cc(-c2nc(C3(N)CCC3)no2)c(C)n1-c1ccccc1.Cl. The van der Waals surface area contributed by atoms with Crippen molar-refractivity contribution in [1.29, 1.82) is 0 Å². The largest absolute Gasteiger partial charge is 0.334 e. The molecule has 2 N–H and O–H groups in total. The topological polar surface area (TPSA) is 69.9 Å². The van der Waals surface area contributed by atoms with E-state index in [1.165, 1.54) is 0 Å². The first kappa shape index (κ1) is 16.7. The highest BCUT2D eigenvalue weighted by Crippen LogP contribution is 2.38. The van der Waals surface area contributed by atoms with Crippen LogP contribution in [-0.4, -0.2) is 14.7 Å². The van der Waals surface area contributed by atoms with Gasteiger partial charge in [-0.3, -0.25) is 0 Å². The van der Waals surface area contributed by atoms with Gasteiger partial charge < -0.3 is 14.8 Å². The number of nitrogens with two attached hydrogens (primary N) is 1. The Kier molecular flexibility index (Phi) is 4.24. The van der Waals surface area contributed by atoms with Crippen molar-refractivity contribution in [3.8, 4) is 17.1 Å². The molecule has 5 nitrogen and oxygen atoms in total. The summed E-state index contributed by atoms with van der Waals surface area (Å²) in [6, 6.07) is 12.4. The number of nitrogens with zero attached hydrogens (tertiary/aromatic N) is 3. The Bertz CT molecular complexity index is 849. The average Bonchev–Trinajstić information content (AvgIpc) is 3.11. The van der Waals surface area contributed by atoms with Gasteiger partial charge in [-0.1, -0.05) is 23.4 Å². The maximum atomic E-state index is 6.29. The number of aryl methyl sites for hydroxylation is 1. The molecule has 24 heavy (non-hydrogen) atoms. The fourth-order valence-corrected chi connectivity index (χ4v) is 3.27. The summed E-state index contributed by atoms with van der Waals surface area (Å²) in [5, 5.41) is 4.12. The molecule has 0 bridgehead atoms. The molecule has 2 aromatic heterocycles. The number of hydrogen-bond acceptors (Lipinski definition) is 4. The molecule has 6 heteroatoms. The van der Waals surface area contributed by atoms with Crippen LogP contribution in [0.25, 0.3) is 17.1 Å². The highest BCUT2D eigenvalue weighted by molar-refractivity contribution is 5.85. The van der Waals surface area contributed by atoms with Gasteiger partial charge in [-0.05, 0) is 51.3 Å². The van der Waals surface area contributed by atoms with Crippen LogP contribution in [0.3, 0.4) is 0 Å². The van der Waals surface area contributed by atoms with Gasteiger partial charge in [0.15, 0.2) is 5.82 Å². The molecule has 0 radical (unpaired) electrons. The van der Waals surface area contributed by atoms with Gasteiger partial charge in [0.25, 0.3) is 5.89 Å². The standard InChI is InChI=1S/C18H20N4O.ClH/c1-12-11-15(13(2)22(12)14-7-4-3-5-8-14)16-20-17(21-23-16)18(19)9-6-10-18;/h3-5,7-8,11H,6,9-10,19H2,1-2H3;1H. The third kappa shape index (κ3) is 2.54. The summed E-state index contributed by atoms with van der Waals surface area (Å²) in [5.41, 5.74) is 10.2. The molecule has 3 aromatic rings. The molecule has 4 rings (SSSR count). The van der Waals surface area contributed by atoms with Gasteiger partial charge >= 0.3 is 0 Å². The minimum Gasteiger partial charge on any atom is -0.334 e. The lowest BCUT2D eigenvalue weighted by atomic mass is 9.77. The summed E-state index contributed by atoms with van der Waals surface area (Å²) in [4.78, 5) is 4.57. The van der Waals surface area contributed by atoms with Crippen LogP contribution in [0.2, 0.25) is 0 Å². The van der Waals surface area contributed by atoms with Crippen molar-refractivity contribution in [2.75, 3.05) is 0 Å². The zero-order chi connectivity index (χ0) is 16.0. The summed E-state index contributed by atoms with van der Waals surface area (Å²) in [6.07, 6.45) is 2.98. The number of hydrogen-bond donors (Lipinski definition) is 1. The van der Waals surface area contributed by atoms with Crippen LogP contribution in [0.4, 0.5) is 0 Å². The third-order valence-corrected chi connectivity index (χ3v) is 4.79. The van der Waals surface area contributed by atoms with Crippen LogP contribution in [0.5, 0.6) is 0 Å². The van der Waals surface area contributed by atoms with Gasteiger partial charge in [-0.15, -0.1) is 12.4 Å². The second-order valence-corrected chi connectivity index (χ2v) is 6.39. The number of halogens is 1. The van der Waals surface area contributed by atoms with E-state index in [4.69, 9.17) is 10.3 Å². The first-order valence-corrected chi connectivity index (χ1v) is 7.96. The molecular formula is C18H21ClN4O. The van der Waals surface area contributed by atoms with Gasteiger partial charge in [-0.2, -0.15) is 4.98 Å². The lowest BCUT2D eigenvalue weighted by molar-refractivity contribution is 0.229. The smallest absolute Gasteiger partial charge is 0.259 e. The van der Waals surface area contributed by atoms with Crippen LogP contribution < -0.4 is 5.73 Å². The molecule has 2 heterocycles. The monoisotopic (exact) mass is 344 g/mol. The van der Waals surface area contributed by atoms with Crippen molar-refractivity contribution in [1.82, 2.24) is 14.7 Å². The Morgan fingerprint density at radius 2 is 1.88 bits per heavy atom. The third-order valence-electron chi connectivity index (χ3n) is 4.79. The van der Waals surface area contributed by atoms with E-state index in [-0.39, 0.29) is 12.4 Å². The molecular weight excluding hydrogens is 324 g/mol. The Balaban J connectivity index is 0.00000169. The van der Waals surface area contributed by atoms with Gasteiger partial charge in [0, 0.05) is 17.1 Å². The normalized spacial score (nSPS) is 15.6. The zero-order valence-corrected chi connectivity index (χ0v) is 14.6. The van der Waals surface area contributed by atoms with Crippen molar-refractivity contribution in [2.24, 2.45) is 5.73 Å². The van der Waals surface area contributed by atoms with E-state index in [0.29, 0.717) is 11.7 Å². The Morgan fingerprint density at radius 1 is 1.17 bits per heavy atom. The number of aromatic nitrogens is 3. The lowest BCUT2D eigenvalue weighted by Gasteiger charge is -2.34. The molecule has 0 aliphatic heterocycles. The van der Waals surface area contributed by atoms with E-state index < -0.39 is 5.54 Å². The van der Waals surface area contributed by atoms with Gasteiger partial charge in [-0.25, -0.2) is 0 Å². The van der Waals surface area contributed by atoms with Gasteiger partial charge in [0.2, 0.25) is 0 Å². The van der Waals surface area contributed by atoms with E-state index in [2.05, 4.69) is 46.8 Å². The average molecular weight is 345 g/mol. The van der Waals surface area contributed by atoms with Crippen molar-refractivity contribution in [2.45, 2.75) is 38.6 Å². The second kappa shape index (κ2) is 6.07. The van der Waals surface area contributed by atoms with Crippen LogP contribution >= 0.6 is 12.4 Å². The molecule has 1 aliphatic carbocycles. The van der Waals surface area contributed by atoms with E-state index >= 15 is 0 Å². The summed E-state index contributed by atoms with van der Waals surface area (Å²) in [6.45, 7) is 4.15. The predicted octanol–water partition coefficient (Wildman–Crippen LogP) is 3.90. The highest BCUT2D eigenvalue weighted by atomic mass is 35.5. The lowest BCUT2D eigenvalue weighted by Crippen LogP contribution is -2.44. The summed E-state index contributed by atoms with van der Waals surface area (Å²) in [5.74, 6) is 1.18. The molecule has 126 valence electrons. The number of para-hydroxylation sites is 1. The van der Waals surface area contributed by atoms with Crippen LogP contribution in [-0.2, 0) is 5.54 Å². The quantitative estimate of drug-likeness (QED) is 0.782. The van der Waals surface area contributed by atoms with Crippen LogP contribution in [0.15, 0.2) is 40.9 Å². The number of rotatable bonds is 3. The minimum atomic E-state index is -0.396. The Labute approximate surface area is 147 Å². The van der Waals surface area contributed by atoms with E-state index in [0.717, 1.165) is 41.9 Å². The molecule has 1 fully saturated rings. The Morgan fingerprint density at radius 3 is 2.50 bits per heavy atom. The summed E-state index contributed by atoms with van der Waals surface area (Å²) in [7, 11) is 0.